The van der Waals surface area contributed by atoms with Crippen LogP contribution in [0.1, 0.15) is 54.1 Å². The molecule has 0 saturated heterocycles. The summed E-state index contributed by atoms with van der Waals surface area (Å²) in [6.07, 6.45) is 5.45. The number of carbonyl (C=O) groups excluding carboxylic acids is 2. The van der Waals surface area contributed by atoms with Crippen molar-refractivity contribution in [3.05, 3.63) is 76.0 Å². The van der Waals surface area contributed by atoms with Gasteiger partial charge in [0.05, 0.1) is 6.42 Å². The third kappa shape index (κ3) is 5.65. The molecule has 8 heteroatoms. The zero-order valence-electron chi connectivity index (χ0n) is 20.0. The molecule has 1 saturated carbocycles. The highest BCUT2D eigenvalue weighted by Crippen LogP contribution is 2.34. The Balaban J connectivity index is 1.49. The van der Waals surface area contributed by atoms with Crippen molar-refractivity contribution in [2.24, 2.45) is 0 Å². The lowest BCUT2D eigenvalue weighted by Crippen LogP contribution is -2.47. The van der Waals surface area contributed by atoms with E-state index in [4.69, 9.17) is 9.47 Å². The van der Waals surface area contributed by atoms with Crippen LogP contribution in [0.2, 0.25) is 0 Å². The molecule has 7 nitrogen and oxygen atoms in total. The molecule has 0 spiro atoms. The van der Waals surface area contributed by atoms with Crippen LogP contribution in [-0.2, 0) is 22.6 Å². The van der Waals surface area contributed by atoms with Crippen molar-refractivity contribution in [3.8, 4) is 17.2 Å². The number of nitrogens with zero attached hydrogens (tertiary/aromatic N) is 1. The van der Waals surface area contributed by atoms with Crippen LogP contribution in [0.15, 0.2) is 60.0 Å². The van der Waals surface area contributed by atoms with Gasteiger partial charge in [-0.1, -0.05) is 43.5 Å². The van der Waals surface area contributed by atoms with E-state index >= 15 is 0 Å². The molecule has 2 amide bonds. The Morgan fingerprint density at radius 2 is 1.81 bits per heavy atom. The summed E-state index contributed by atoms with van der Waals surface area (Å²) in [4.78, 5) is 30.2. The third-order valence-corrected chi connectivity index (χ3v) is 7.61. The van der Waals surface area contributed by atoms with Crippen LogP contribution in [0.4, 0.5) is 0 Å². The van der Waals surface area contributed by atoms with Crippen molar-refractivity contribution in [2.45, 2.75) is 57.2 Å². The van der Waals surface area contributed by atoms with E-state index in [-0.39, 0.29) is 43.4 Å². The molecule has 188 valence electrons. The number of nitrogens with one attached hydrogen (secondary N) is 1. The molecule has 2 heterocycles. The van der Waals surface area contributed by atoms with Crippen LogP contribution in [0.5, 0.6) is 17.2 Å². The Bertz CT molecular complexity index is 1190. The number of rotatable bonds is 8. The third-order valence-electron chi connectivity index (χ3n) is 6.74. The maximum absolute atomic E-state index is 13.8. The van der Waals surface area contributed by atoms with Gasteiger partial charge in [-0.3, -0.25) is 9.59 Å². The van der Waals surface area contributed by atoms with E-state index in [1.54, 1.807) is 29.2 Å². The molecule has 1 aliphatic heterocycles. The standard InChI is InChI=1S/C28H30N2O5S/c31-22-11-9-20(10-12-22)27(28(33)29-21-5-2-1-3-6-21)30(26(32)16-23-7-4-14-36-23)17-19-8-13-24-25(15-19)35-18-34-24/h4,7-15,21,27,31H,1-3,5-6,16-18H2,(H,29,33). The van der Waals surface area contributed by atoms with Crippen molar-refractivity contribution >= 4 is 23.2 Å². The van der Waals surface area contributed by atoms with Crippen molar-refractivity contribution in [2.75, 3.05) is 6.79 Å². The molecular formula is C28H30N2O5S. The predicted octanol–water partition coefficient (Wildman–Crippen LogP) is 4.94. The van der Waals surface area contributed by atoms with E-state index in [2.05, 4.69) is 5.32 Å². The molecule has 0 radical (unpaired) electrons. The molecule has 2 aromatic carbocycles. The number of ether oxygens (including phenoxy) is 2. The minimum atomic E-state index is -0.842. The van der Waals surface area contributed by atoms with Crippen LogP contribution in [0.3, 0.4) is 0 Å². The average molecular weight is 507 g/mol. The van der Waals surface area contributed by atoms with Crippen molar-refractivity contribution in [1.82, 2.24) is 10.2 Å². The fourth-order valence-electron chi connectivity index (χ4n) is 4.88. The summed E-state index contributed by atoms with van der Waals surface area (Å²) >= 11 is 1.52. The molecule has 1 aliphatic carbocycles. The van der Waals surface area contributed by atoms with E-state index in [0.29, 0.717) is 17.1 Å². The largest absolute Gasteiger partial charge is 0.508 e. The molecule has 1 aromatic heterocycles. The molecule has 36 heavy (non-hydrogen) atoms. The molecule has 1 fully saturated rings. The first-order chi connectivity index (χ1) is 17.6. The summed E-state index contributed by atoms with van der Waals surface area (Å²) < 4.78 is 11.0. The maximum Gasteiger partial charge on any atom is 0.247 e. The van der Waals surface area contributed by atoms with Crippen molar-refractivity contribution in [3.63, 3.8) is 0 Å². The first kappa shape index (κ1) is 24.2. The first-order valence-corrected chi connectivity index (χ1v) is 13.2. The Morgan fingerprint density at radius 1 is 1.03 bits per heavy atom. The fourth-order valence-corrected chi connectivity index (χ4v) is 5.58. The summed E-state index contributed by atoms with van der Waals surface area (Å²) in [6, 6.07) is 15.2. The Hall–Kier alpha value is -3.52. The zero-order chi connectivity index (χ0) is 24.9. The minimum absolute atomic E-state index is 0.102. The van der Waals surface area contributed by atoms with Gasteiger partial charge in [-0.05, 0) is 59.7 Å². The molecule has 2 N–H and O–H groups in total. The van der Waals surface area contributed by atoms with E-state index in [0.717, 1.165) is 36.1 Å². The van der Waals surface area contributed by atoms with Crippen LogP contribution >= 0.6 is 11.3 Å². The second-order valence-corrected chi connectivity index (χ2v) is 10.3. The van der Waals surface area contributed by atoms with Gasteiger partial charge in [0.2, 0.25) is 18.6 Å². The Labute approximate surface area is 214 Å². The Morgan fingerprint density at radius 3 is 2.56 bits per heavy atom. The van der Waals surface area contributed by atoms with Gasteiger partial charge in [0.1, 0.15) is 11.8 Å². The van der Waals surface area contributed by atoms with Crippen LogP contribution in [-0.4, -0.2) is 34.7 Å². The topological polar surface area (TPSA) is 88.1 Å². The van der Waals surface area contributed by atoms with Gasteiger partial charge in [-0.25, -0.2) is 0 Å². The van der Waals surface area contributed by atoms with Crippen molar-refractivity contribution in [1.29, 1.82) is 0 Å². The molecule has 1 unspecified atom stereocenters. The van der Waals surface area contributed by atoms with Crippen LogP contribution in [0.25, 0.3) is 0 Å². The summed E-state index contributed by atoms with van der Waals surface area (Å²) in [5.41, 5.74) is 1.49. The fraction of sp³-hybridized carbons (Fsp3) is 0.357. The summed E-state index contributed by atoms with van der Waals surface area (Å²) in [6.45, 7) is 0.393. The quantitative estimate of drug-likeness (QED) is 0.452. The van der Waals surface area contributed by atoms with E-state index in [1.807, 2.05) is 35.7 Å². The van der Waals surface area contributed by atoms with E-state index in [1.165, 1.54) is 17.8 Å². The van der Waals surface area contributed by atoms with E-state index in [9.17, 15) is 14.7 Å². The molecule has 2 aliphatic rings. The van der Waals surface area contributed by atoms with Gasteiger partial charge in [0.15, 0.2) is 11.5 Å². The average Bonchev–Trinajstić information content (AvgIpc) is 3.57. The number of fused-ring (bicyclic) bond motifs is 1. The lowest BCUT2D eigenvalue weighted by molar-refractivity contribution is -0.141. The molecule has 3 aromatic rings. The lowest BCUT2D eigenvalue weighted by atomic mass is 9.94. The number of amides is 2. The number of phenols is 1. The number of hydrogen-bond donors (Lipinski definition) is 2. The van der Waals surface area contributed by atoms with Crippen LogP contribution < -0.4 is 14.8 Å². The van der Waals surface area contributed by atoms with Gasteiger partial charge < -0.3 is 24.8 Å². The highest BCUT2D eigenvalue weighted by molar-refractivity contribution is 7.10. The second kappa shape index (κ2) is 11.0. The number of phenolic OH excluding ortho intramolecular Hbond substituents is 1. The molecule has 1 atom stereocenters. The molecule has 0 bridgehead atoms. The summed E-state index contributed by atoms with van der Waals surface area (Å²) in [5, 5.41) is 15.0. The smallest absolute Gasteiger partial charge is 0.247 e. The second-order valence-electron chi connectivity index (χ2n) is 9.30. The van der Waals surface area contributed by atoms with Gasteiger partial charge in [-0.2, -0.15) is 0 Å². The van der Waals surface area contributed by atoms with Gasteiger partial charge >= 0.3 is 0 Å². The molecule has 5 rings (SSSR count). The SMILES string of the molecule is O=C(NC1CCCCC1)C(c1ccc(O)cc1)N(Cc1ccc2c(c1)OCO2)C(=O)Cc1cccs1. The zero-order valence-corrected chi connectivity index (χ0v) is 20.8. The highest BCUT2D eigenvalue weighted by atomic mass is 32.1. The van der Waals surface area contributed by atoms with Crippen LogP contribution in [0, 0.1) is 0 Å². The predicted molar refractivity (Wildman–Crippen MR) is 137 cm³/mol. The number of thiophene rings is 1. The number of carbonyl (C=O) groups is 2. The number of benzene rings is 2. The monoisotopic (exact) mass is 506 g/mol. The minimum Gasteiger partial charge on any atom is -0.508 e. The summed E-state index contributed by atoms with van der Waals surface area (Å²) in [5.74, 6) is 1.06. The van der Waals surface area contributed by atoms with Gasteiger partial charge in [-0.15, -0.1) is 11.3 Å². The Kier molecular flexibility index (Phi) is 7.41. The summed E-state index contributed by atoms with van der Waals surface area (Å²) in [7, 11) is 0. The lowest BCUT2D eigenvalue weighted by Gasteiger charge is -2.33. The van der Waals surface area contributed by atoms with Gasteiger partial charge in [0.25, 0.3) is 0 Å². The maximum atomic E-state index is 13.8. The van der Waals surface area contributed by atoms with Gasteiger partial charge in [0, 0.05) is 17.5 Å². The van der Waals surface area contributed by atoms with Crippen molar-refractivity contribution < 1.29 is 24.2 Å². The molecular weight excluding hydrogens is 476 g/mol. The normalized spacial score (nSPS) is 15.9. The highest BCUT2D eigenvalue weighted by Gasteiger charge is 2.33. The number of hydrogen-bond acceptors (Lipinski definition) is 6. The first-order valence-electron chi connectivity index (χ1n) is 12.4. The van der Waals surface area contributed by atoms with E-state index < -0.39 is 6.04 Å². The number of aromatic hydroxyl groups is 1.